The van der Waals surface area contributed by atoms with Crippen molar-refractivity contribution in [3.05, 3.63) is 54.9 Å². The van der Waals surface area contributed by atoms with E-state index in [0.717, 1.165) is 11.1 Å². The molecule has 4 heteroatoms. The van der Waals surface area contributed by atoms with E-state index in [-0.39, 0.29) is 0 Å². The maximum absolute atomic E-state index is 5.83. The first-order chi connectivity index (χ1) is 9.33. The van der Waals surface area contributed by atoms with Gasteiger partial charge in [0.2, 0.25) is 0 Å². The van der Waals surface area contributed by atoms with Crippen molar-refractivity contribution < 1.29 is 4.74 Å². The molecule has 0 amide bonds. The predicted molar refractivity (Wildman–Crippen MR) is 76.1 cm³/mol. The molecule has 96 valence electrons. The Kier molecular flexibility index (Phi) is 3.06. The van der Waals surface area contributed by atoms with Crippen LogP contribution in [0.4, 0.5) is 5.69 Å². The van der Waals surface area contributed by atoms with E-state index in [1.165, 1.54) is 5.39 Å². The molecular formula is C15H15N3O. The lowest BCUT2D eigenvalue weighted by atomic mass is 10.1. The van der Waals surface area contributed by atoms with Gasteiger partial charge >= 0.3 is 0 Å². The summed E-state index contributed by atoms with van der Waals surface area (Å²) in [5.74, 6) is 0.901. The Balaban J connectivity index is 1.71. The Morgan fingerprint density at radius 2 is 1.95 bits per heavy atom. The highest BCUT2D eigenvalue weighted by atomic mass is 16.5. The molecule has 0 bridgehead atoms. The summed E-state index contributed by atoms with van der Waals surface area (Å²) in [7, 11) is 0. The standard InChI is InChI=1S/C15H15N3O/c16-13-10-17-18(11-13)8-9-19-15-7-3-5-12-4-1-2-6-14(12)15/h1-7,10-11H,8-9,16H2. The number of aromatic nitrogens is 2. The number of nitrogen functional groups attached to an aromatic ring is 1. The average Bonchev–Trinajstić information content (AvgIpc) is 2.85. The third-order valence-corrected chi connectivity index (χ3v) is 2.98. The number of benzene rings is 2. The monoisotopic (exact) mass is 253 g/mol. The Labute approximate surface area is 111 Å². The van der Waals surface area contributed by atoms with Crippen LogP contribution in [0.2, 0.25) is 0 Å². The Hall–Kier alpha value is -2.49. The van der Waals surface area contributed by atoms with Gasteiger partial charge in [-0.15, -0.1) is 0 Å². The minimum atomic E-state index is 0.565. The fraction of sp³-hybridized carbons (Fsp3) is 0.133. The van der Waals surface area contributed by atoms with Gasteiger partial charge in [0.1, 0.15) is 12.4 Å². The Morgan fingerprint density at radius 1 is 1.11 bits per heavy atom. The van der Waals surface area contributed by atoms with Crippen LogP contribution in [0.15, 0.2) is 54.9 Å². The van der Waals surface area contributed by atoms with Crippen molar-refractivity contribution in [2.75, 3.05) is 12.3 Å². The van der Waals surface area contributed by atoms with E-state index in [4.69, 9.17) is 10.5 Å². The van der Waals surface area contributed by atoms with Gasteiger partial charge in [-0.2, -0.15) is 5.10 Å². The predicted octanol–water partition coefficient (Wildman–Crippen LogP) is 2.70. The molecule has 2 aromatic carbocycles. The van der Waals surface area contributed by atoms with Crippen LogP contribution >= 0.6 is 0 Å². The van der Waals surface area contributed by atoms with Gasteiger partial charge in [0.05, 0.1) is 18.4 Å². The van der Waals surface area contributed by atoms with Gasteiger partial charge in [0.15, 0.2) is 0 Å². The van der Waals surface area contributed by atoms with E-state index in [0.29, 0.717) is 18.8 Å². The molecule has 1 aromatic heterocycles. The van der Waals surface area contributed by atoms with Crippen molar-refractivity contribution in [2.24, 2.45) is 0 Å². The lowest BCUT2D eigenvalue weighted by Gasteiger charge is -2.09. The second kappa shape index (κ2) is 5.02. The minimum absolute atomic E-state index is 0.565. The van der Waals surface area contributed by atoms with Gasteiger partial charge in [0.25, 0.3) is 0 Å². The molecule has 0 aliphatic carbocycles. The highest BCUT2D eigenvalue weighted by Gasteiger charge is 2.01. The summed E-state index contributed by atoms with van der Waals surface area (Å²) in [6.45, 7) is 1.25. The van der Waals surface area contributed by atoms with Crippen LogP contribution in [0.1, 0.15) is 0 Å². The van der Waals surface area contributed by atoms with Gasteiger partial charge in [0, 0.05) is 11.6 Å². The highest BCUT2D eigenvalue weighted by Crippen LogP contribution is 2.24. The van der Waals surface area contributed by atoms with Gasteiger partial charge in [-0.25, -0.2) is 0 Å². The smallest absolute Gasteiger partial charge is 0.127 e. The molecule has 3 rings (SSSR count). The van der Waals surface area contributed by atoms with Gasteiger partial charge in [-0.05, 0) is 11.5 Å². The van der Waals surface area contributed by atoms with Crippen LogP contribution in [-0.4, -0.2) is 16.4 Å². The van der Waals surface area contributed by atoms with E-state index in [9.17, 15) is 0 Å². The summed E-state index contributed by atoms with van der Waals surface area (Å²) < 4.78 is 7.61. The summed E-state index contributed by atoms with van der Waals surface area (Å²) in [6, 6.07) is 14.3. The maximum Gasteiger partial charge on any atom is 0.127 e. The molecule has 0 radical (unpaired) electrons. The molecule has 0 saturated carbocycles. The summed E-state index contributed by atoms with van der Waals surface area (Å²) in [6.07, 6.45) is 3.43. The number of anilines is 1. The second-order valence-electron chi connectivity index (χ2n) is 4.36. The minimum Gasteiger partial charge on any atom is -0.491 e. The van der Waals surface area contributed by atoms with E-state index in [1.54, 1.807) is 17.1 Å². The van der Waals surface area contributed by atoms with E-state index < -0.39 is 0 Å². The summed E-state index contributed by atoms with van der Waals surface area (Å²) in [5, 5.41) is 6.43. The van der Waals surface area contributed by atoms with Crippen LogP contribution in [0, 0.1) is 0 Å². The van der Waals surface area contributed by atoms with Crippen molar-refractivity contribution in [1.82, 2.24) is 9.78 Å². The number of nitrogens with zero attached hydrogens (tertiary/aromatic N) is 2. The molecule has 0 atom stereocenters. The molecule has 0 aliphatic rings. The molecule has 2 N–H and O–H groups in total. The zero-order valence-electron chi connectivity index (χ0n) is 10.5. The number of rotatable bonds is 4. The van der Waals surface area contributed by atoms with E-state index >= 15 is 0 Å². The maximum atomic E-state index is 5.83. The fourth-order valence-electron chi connectivity index (χ4n) is 2.07. The third-order valence-electron chi connectivity index (χ3n) is 2.98. The molecule has 0 saturated heterocycles. The molecule has 4 nitrogen and oxygen atoms in total. The van der Waals surface area contributed by atoms with Crippen molar-refractivity contribution in [2.45, 2.75) is 6.54 Å². The topological polar surface area (TPSA) is 53.1 Å². The Bertz CT molecular complexity index is 685. The van der Waals surface area contributed by atoms with Crippen LogP contribution in [0.3, 0.4) is 0 Å². The molecule has 0 fully saturated rings. The third kappa shape index (κ3) is 2.52. The SMILES string of the molecule is Nc1cnn(CCOc2cccc3ccccc23)c1. The molecular weight excluding hydrogens is 238 g/mol. The first-order valence-electron chi connectivity index (χ1n) is 6.21. The molecule has 1 heterocycles. The molecule has 3 aromatic rings. The van der Waals surface area contributed by atoms with Crippen LogP contribution in [0.5, 0.6) is 5.75 Å². The zero-order valence-corrected chi connectivity index (χ0v) is 10.5. The zero-order chi connectivity index (χ0) is 13.1. The number of hydrogen-bond donors (Lipinski definition) is 1. The lowest BCUT2D eigenvalue weighted by Crippen LogP contribution is -2.08. The Morgan fingerprint density at radius 3 is 2.79 bits per heavy atom. The van der Waals surface area contributed by atoms with Crippen molar-refractivity contribution >= 4 is 16.5 Å². The van der Waals surface area contributed by atoms with Crippen molar-refractivity contribution in [1.29, 1.82) is 0 Å². The van der Waals surface area contributed by atoms with Gasteiger partial charge < -0.3 is 10.5 Å². The molecule has 19 heavy (non-hydrogen) atoms. The van der Waals surface area contributed by atoms with E-state index in [1.807, 2.05) is 24.3 Å². The van der Waals surface area contributed by atoms with Crippen molar-refractivity contribution in [3.8, 4) is 5.75 Å². The van der Waals surface area contributed by atoms with Gasteiger partial charge in [-0.3, -0.25) is 4.68 Å². The quantitative estimate of drug-likeness (QED) is 0.777. The first kappa shape index (κ1) is 11.6. The average molecular weight is 253 g/mol. The number of ether oxygens (including phenoxy) is 1. The van der Waals surface area contributed by atoms with Crippen LogP contribution in [-0.2, 0) is 6.54 Å². The molecule has 0 spiro atoms. The van der Waals surface area contributed by atoms with E-state index in [2.05, 4.69) is 23.3 Å². The first-order valence-corrected chi connectivity index (χ1v) is 6.21. The van der Waals surface area contributed by atoms with Crippen LogP contribution in [0.25, 0.3) is 10.8 Å². The summed E-state index contributed by atoms with van der Waals surface area (Å²) in [4.78, 5) is 0. The largest absolute Gasteiger partial charge is 0.491 e. The summed E-state index contributed by atoms with van der Waals surface area (Å²) in [5.41, 5.74) is 6.28. The highest BCUT2D eigenvalue weighted by molar-refractivity contribution is 5.88. The molecule has 0 unspecified atom stereocenters. The second-order valence-corrected chi connectivity index (χ2v) is 4.36. The normalized spacial score (nSPS) is 10.7. The van der Waals surface area contributed by atoms with Crippen molar-refractivity contribution in [3.63, 3.8) is 0 Å². The molecule has 0 aliphatic heterocycles. The van der Waals surface area contributed by atoms with Crippen LogP contribution < -0.4 is 10.5 Å². The lowest BCUT2D eigenvalue weighted by molar-refractivity contribution is 0.294. The summed E-state index contributed by atoms with van der Waals surface area (Å²) >= 11 is 0. The van der Waals surface area contributed by atoms with Gasteiger partial charge in [-0.1, -0.05) is 36.4 Å². The fourth-order valence-corrected chi connectivity index (χ4v) is 2.07. The number of fused-ring (bicyclic) bond motifs is 1. The number of hydrogen-bond acceptors (Lipinski definition) is 3. The number of nitrogens with two attached hydrogens (primary N) is 1.